The number of nitrogens with two attached hydrogens (primary N) is 1. The smallest absolute Gasteiger partial charge is 0.257 e. The van der Waals surface area contributed by atoms with Crippen LogP contribution in [-0.4, -0.2) is 5.91 Å². The normalized spacial score (nSPS) is 10.2. The van der Waals surface area contributed by atoms with Crippen LogP contribution in [0, 0.1) is 5.82 Å². The second-order valence-electron chi connectivity index (χ2n) is 4.71. The molecule has 0 radical (unpaired) electrons. The molecular weight excluding hydrogens is 269 g/mol. The monoisotopic (exact) mass is 287 g/mol. The van der Waals surface area contributed by atoms with E-state index in [1.54, 1.807) is 0 Å². The van der Waals surface area contributed by atoms with Gasteiger partial charge >= 0.3 is 0 Å². The number of anilines is 2. The molecule has 0 aliphatic rings. The zero-order valence-electron chi connectivity index (χ0n) is 11.8. The third-order valence-corrected chi connectivity index (χ3v) is 3.15. The molecule has 110 valence electrons. The Kier molecular flexibility index (Phi) is 4.90. The first kappa shape index (κ1) is 15.0. The van der Waals surface area contributed by atoms with Crippen LogP contribution < -0.4 is 16.6 Å². The van der Waals surface area contributed by atoms with E-state index in [0.29, 0.717) is 5.69 Å². The van der Waals surface area contributed by atoms with Crippen LogP contribution in [0.2, 0.25) is 0 Å². The number of hydrazine groups is 1. The van der Waals surface area contributed by atoms with Crippen molar-refractivity contribution in [2.45, 2.75) is 19.8 Å². The van der Waals surface area contributed by atoms with Crippen LogP contribution in [0.15, 0.2) is 42.5 Å². The molecule has 4 nitrogen and oxygen atoms in total. The molecule has 0 fully saturated rings. The summed E-state index contributed by atoms with van der Waals surface area (Å²) < 4.78 is 13.6. The average Bonchev–Trinajstić information content (AvgIpc) is 2.49. The van der Waals surface area contributed by atoms with Crippen LogP contribution in [0.4, 0.5) is 15.8 Å². The first-order valence-electron chi connectivity index (χ1n) is 6.81. The molecule has 0 aliphatic heterocycles. The third kappa shape index (κ3) is 3.58. The molecule has 2 aromatic carbocycles. The molecule has 2 aromatic rings. The molecule has 0 unspecified atom stereocenters. The summed E-state index contributed by atoms with van der Waals surface area (Å²) >= 11 is 0. The number of nitrogen functional groups attached to an aromatic ring is 1. The van der Waals surface area contributed by atoms with Crippen molar-refractivity contribution in [3.05, 3.63) is 59.4 Å². The maximum atomic E-state index is 13.6. The van der Waals surface area contributed by atoms with Crippen molar-refractivity contribution in [2.24, 2.45) is 5.84 Å². The summed E-state index contributed by atoms with van der Waals surface area (Å²) in [7, 11) is 0. The Morgan fingerprint density at radius 1 is 1.19 bits per heavy atom. The van der Waals surface area contributed by atoms with Crippen molar-refractivity contribution in [3.8, 4) is 0 Å². The number of halogens is 1. The molecular formula is C16H18FN3O. The fourth-order valence-electron chi connectivity index (χ4n) is 2.10. The number of hydrogen-bond acceptors (Lipinski definition) is 3. The van der Waals surface area contributed by atoms with Gasteiger partial charge in [-0.05, 0) is 36.2 Å². The minimum atomic E-state index is -0.566. The fraction of sp³-hybridized carbons (Fsp3) is 0.188. The Morgan fingerprint density at radius 3 is 2.52 bits per heavy atom. The van der Waals surface area contributed by atoms with Gasteiger partial charge in [0.15, 0.2) is 0 Å². The van der Waals surface area contributed by atoms with Crippen molar-refractivity contribution in [3.63, 3.8) is 0 Å². The molecule has 0 aromatic heterocycles. The van der Waals surface area contributed by atoms with E-state index in [-0.39, 0.29) is 11.3 Å². The quantitative estimate of drug-likeness (QED) is 0.584. The lowest BCUT2D eigenvalue weighted by atomic mass is 10.1. The second kappa shape index (κ2) is 6.85. The van der Waals surface area contributed by atoms with Crippen LogP contribution in [0.3, 0.4) is 0 Å². The number of carbonyl (C=O) groups is 1. The van der Waals surface area contributed by atoms with E-state index < -0.39 is 11.7 Å². The Bertz CT molecular complexity index is 626. The molecule has 0 bridgehead atoms. The van der Waals surface area contributed by atoms with Gasteiger partial charge in [-0.1, -0.05) is 31.5 Å². The zero-order chi connectivity index (χ0) is 15.2. The standard InChI is InChI=1S/C16H18FN3O/c1-2-4-11-7-9-12(10-8-11)19-16(21)13-5-3-6-14(17)15(13)20-18/h3,5-10,20H,2,4,18H2,1H3,(H,19,21). The number of amides is 1. The highest BCUT2D eigenvalue weighted by molar-refractivity contribution is 6.08. The molecule has 0 aliphatic carbocycles. The summed E-state index contributed by atoms with van der Waals surface area (Å²) in [6, 6.07) is 11.8. The van der Waals surface area contributed by atoms with Crippen molar-refractivity contribution in [2.75, 3.05) is 10.7 Å². The van der Waals surface area contributed by atoms with Gasteiger partial charge in [0, 0.05) is 5.69 Å². The van der Waals surface area contributed by atoms with Gasteiger partial charge in [0.25, 0.3) is 5.91 Å². The number of nitrogens with one attached hydrogen (secondary N) is 2. The van der Waals surface area contributed by atoms with Gasteiger partial charge in [-0.15, -0.1) is 0 Å². The average molecular weight is 287 g/mol. The fourth-order valence-corrected chi connectivity index (χ4v) is 2.10. The maximum Gasteiger partial charge on any atom is 0.257 e. The van der Waals surface area contributed by atoms with Crippen LogP contribution in [-0.2, 0) is 6.42 Å². The number of aryl methyl sites for hydroxylation is 1. The first-order valence-corrected chi connectivity index (χ1v) is 6.81. The van der Waals surface area contributed by atoms with Crippen LogP contribution in [0.25, 0.3) is 0 Å². The molecule has 0 atom stereocenters. The van der Waals surface area contributed by atoms with Crippen molar-refractivity contribution < 1.29 is 9.18 Å². The van der Waals surface area contributed by atoms with Gasteiger partial charge in [-0.3, -0.25) is 10.6 Å². The lowest BCUT2D eigenvalue weighted by Crippen LogP contribution is -2.18. The van der Waals surface area contributed by atoms with Crippen molar-refractivity contribution in [1.29, 1.82) is 0 Å². The summed E-state index contributed by atoms with van der Waals surface area (Å²) in [4.78, 5) is 12.2. The topological polar surface area (TPSA) is 67.2 Å². The summed E-state index contributed by atoms with van der Waals surface area (Å²) in [6.07, 6.45) is 2.07. The molecule has 0 saturated heterocycles. The van der Waals surface area contributed by atoms with Crippen molar-refractivity contribution >= 4 is 17.3 Å². The number of rotatable bonds is 5. The number of hydrogen-bond donors (Lipinski definition) is 3. The lowest BCUT2D eigenvalue weighted by Gasteiger charge is -2.10. The van der Waals surface area contributed by atoms with E-state index in [1.807, 2.05) is 24.3 Å². The summed E-state index contributed by atoms with van der Waals surface area (Å²) in [5, 5.41) is 2.73. The summed E-state index contributed by atoms with van der Waals surface area (Å²) in [5.74, 6) is 4.29. The Balaban J connectivity index is 2.16. The molecule has 21 heavy (non-hydrogen) atoms. The predicted octanol–water partition coefficient (Wildman–Crippen LogP) is 3.32. The van der Waals surface area contributed by atoms with Gasteiger partial charge < -0.3 is 10.7 Å². The van der Waals surface area contributed by atoms with E-state index in [1.165, 1.54) is 23.8 Å². The molecule has 4 N–H and O–H groups in total. The minimum absolute atomic E-state index is 0.0161. The highest BCUT2D eigenvalue weighted by Crippen LogP contribution is 2.20. The van der Waals surface area contributed by atoms with Crippen LogP contribution in [0.5, 0.6) is 0 Å². The largest absolute Gasteiger partial charge is 0.322 e. The van der Waals surface area contributed by atoms with Gasteiger partial charge in [-0.25, -0.2) is 4.39 Å². The number of benzene rings is 2. The minimum Gasteiger partial charge on any atom is -0.322 e. The molecule has 0 spiro atoms. The Morgan fingerprint density at radius 2 is 1.90 bits per heavy atom. The van der Waals surface area contributed by atoms with Crippen LogP contribution >= 0.6 is 0 Å². The summed E-state index contributed by atoms with van der Waals surface area (Å²) in [6.45, 7) is 2.11. The van der Waals surface area contributed by atoms with Crippen LogP contribution in [0.1, 0.15) is 29.3 Å². The lowest BCUT2D eigenvalue weighted by molar-refractivity contribution is 0.102. The molecule has 0 saturated carbocycles. The number of carbonyl (C=O) groups excluding carboxylic acids is 1. The van der Waals surface area contributed by atoms with E-state index >= 15 is 0 Å². The van der Waals surface area contributed by atoms with E-state index in [4.69, 9.17) is 5.84 Å². The van der Waals surface area contributed by atoms with Gasteiger partial charge in [0.2, 0.25) is 0 Å². The molecule has 2 rings (SSSR count). The third-order valence-electron chi connectivity index (χ3n) is 3.15. The maximum absolute atomic E-state index is 13.6. The molecule has 5 heteroatoms. The highest BCUT2D eigenvalue weighted by atomic mass is 19.1. The van der Waals surface area contributed by atoms with E-state index in [2.05, 4.69) is 17.7 Å². The molecule has 1 amide bonds. The summed E-state index contributed by atoms with van der Waals surface area (Å²) in [5.41, 5.74) is 4.24. The SMILES string of the molecule is CCCc1ccc(NC(=O)c2cccc(F)c2NN)cc1. The van der Waals surface area contributed by atoms with Crippen molar-refractivity contribution in [1.82, 2.24) is 0 Å². The highest BCUT2D eigenvalue weighted by Gasteiger charge is 2.14. The van der Waals surface area contributed by atoms with Gasteiger partial charge in [-0.2, -0.15) is 0 Å². The van der Waals surface area contributed by atoms with E-state index in [9.17, 15) is 9.18 Å². The zero-order valence-corrected chi connectivity index (χ0v) is 11.8. The van der Waals surface area contributed by atoms with Gasteiger partial charge in [0.1, 0.15) is 5.82 Å². The Hall–Kier alpha value is -2.40. The Labute approximate surface area is 123 Å². The second-order valence-corrected chi connectivity index (χ2v) is 4.71. The van der Waals surface area contributed by atoms with E-state index in [0.717, 1.165) is 12.8 Å². The first-order chi connectivity index (χ1) is 10.2. The van der Waals surface area contributed by atoms with Gasteiger partial charge in [0.05, 0.1) is 11.3 Å². The number of para-hydroxylation sites is 1. The predicted molar refractivity (Wildman–Crippen MR) is 82.6 cm³/mol. The molecule has 0 heterocycles.